The van der Waals surface area contributed by atoms with Crippen molar-refractivity contribution in [2.24, 2.45) is 0 Å². The molecule has 0 bridgehead atoms. The van der Waals surface area contributed by atoms with Gasteiger partial charge in [-0.1, -0.05) is 49.4 Å². The monoisotopic (exact) mass is 526 g/mol. The highest BCUT2D eigenvalue weighted by molar-refractivity contribution is 6.04. The van der Waals surface area contributed by atoms with Crippen LogP contribution in [0.15, 0.2) is 60.7 Å². The fourth-order valence-electron chi connectivity index (χ4n) is 4.34. The van der Waals surface area contributed by atoms with E-state index in [9.17, 15) is 9.59 Å². The SMILES string of the molecule is CCOc1nc2c(COC(=O)CC)ccc(C(=O)OC)c2n1-c1ccc(-c2ccccc2-c2nnn[nH]2)cc1. The van der Waals surface area contributed by atoms with E-state index in [0.717, 1.165) is 22.4 Å². The summed E-state index contributed by atoms with van der Waals surface area (Å²) in [4.78, 5) is 29.3. The van der Waals surface area contributed by atoms with Gasteiger partial charge in [0.25, 0.3) is 0 Å². The molecule has 0 saturated heterocycles. The van der Waals surface area contributed by atoms with Gasteiger partial charge in [-0.15, -0.1) is 5.10 Å². The van der Waals surface area contributed by atoms with E-state index in [-0.39, 0.29) is 19.0 Å². The van der Waals surface area contributed by atoms with Gasteiger partial charge in [0.05, 0.1) is 30.5 Å². The number of nitrogens with zero attached hydrogens (tertiary/aromatic N) is 5. The molecule has 2 aromatic heterocycles. The van der Waals surface area contributed by atoms with Crippen LogP contribution in [0.1, 0.15) is 36.2 Å². The molecule has 11 nitrogen and oxygen atoms in total. The number of ether oxygens (including phenoxy) is 3. The van der Waals surface area contributed by atoms with Gasteiger partial charge in [0.2, 0.25) is 0 Å². The number of hydrogen-bond acceptors (Lipinski definition) is 9. The number of tetrazole rings is 1. The number of imidazole rings is 1. The molecule has 0 aliphatic rings. The van der Waals surface area contributed by atoms with E-state index in [2.05, 4.69) is 20.6 Å². The minimum absolute atomic E-state index is 0.0133. The van der Waals surface area contributed by atoms with Crippen molar-refractivity contribution in [3.8, 4) is 34.2 Å². The summed E-state index contributed by atoms with van der Waals surface area (Å²) < 4.78 is 18.1. The number of hydrogen-bond donors (Lipinski definition) is 1. The normalized spacial score (nSPS) is 10.9. The Hall–Kier alpha value is -5.06. The fraction of sp³-hybridized carbons (Fsp3) is 0.214. The van der Waals surface area contributed by atoms with Crippen LogP contribution in [-0.2, 0) is 20.9 Å². The van der Waals surface area contributed by atoms with Gasteiger partial charge >= 0.3 is 17.9 Å². The third kappa shape index (κ3) is 4.93. The molecule has 11 heteroatoms. The molecular formula is C28H26N6O5. The Morgan fingerprint density at radius 1 is 0.974 bits per heavy atom. The summed E-state index contributed by atoms with van der Waals surface area (Å²) in [5, 5.41) is 14.2. The van der Waals surface area contributed by atoms with Crippen molar-refractivity contribution in [2.45, 2.75) is 26.9 Å². The van der Waals surface area contributed by atoms with Gasteiger partial charge in [-0.25, -0.2) is 9.89 Å². The third-order valence-electron chi connectivity index (χ3n) is 6.18. The Bertz CT molecular complexity index is 1630. The standard InChI is InChI=1S/C28H26N6O5/c1-4-23(35)39-16-18-12-15-22(27(36)37-3)25-24(18)29-28(38-5-2)34(25)19-13-10-17(11-14-19)20-8-6-7-9-21(20)26-30-32-33-31-26/h6-15H,4-5,16H2,1-3H3,(H,30,31,32,33). The number of methoxy groups -OCH3 is 1. The molecule has 1 N–H and O–H groups in total. The summed E-state index contributed by atoms with van der Waals surface area (Å²) in [6, 6.07) is 19.2. The smallest absolute Gasteiger partial charge is 0.340 e. The number of aromatic amines is 1. The molecule has 2 heterocycles. The zero-order chi connectivity index (χ0) is 27.4. The molecule has 0 radical (unpaired) electrons. The topological polar surface area (TPSA) is 134 Å². The number of aromatic nitrogens is 6. The van der Waals surface area contributed by atoms with Crippen LogP contribution in [0.3, 0.4) is 0 Å². The van der Waals surface area contributed by atoms with E-state index >= 15 is 0 Å². The molecular weight excluding hydrogens is 500 g/mol. The minimum Gasteiger partial charge on any atom is -0.465 e. The maximum absolute atomic E-state index is 12.8. The Balaban J connectivity index is 1.65. The van der Waals surface area contributed by atoms with Crippen molar-refractivity contribution in [1.82, 2.24) is 30.2 Å². The molecule has 0 saturated carbocycles. The Kier molecular flexibility index (Phi) is 7.30. The third-order valence-corrected chi connectivity index (χ3v) is 6.18. The van der Waals surface area contributed by atoms with Crippen LogP contribution in [0, 0.1) is 0 Å². The predicted octanol–water partition coefficient (Wildman–Crippen LogP) is 4.51. The summed E-state index contributed by atoms with van der Waals surface area (Å²) in [5.74, 6) is -0.290. The Labute approximate surface area is 223 Å². The molecule has 0 aliphatic carbocycles. The number of rotatable bonds is 9. The molecule has 0 fully saturated rings. The van der Waals surface area contributed by atoms with Crippen LogP contribution in [0.5, 0.6) is 6.01 Å². The van der Waals surface area contributed by atoms with Crippen LogP contribution in [-0.4, -0.2) is 55.8 Å². The maximum atomic E-state index is 12.8. The minimum atomic E-state index is -0.521. The fourth-order valence-corrected chi connectivity index (χ4v) is 4.34. The predicted molar refractivity (Wildman–Crippen MR) is 142 cm³/mol. The highest BCUT2D eigenvalue weighted by atomic mass is 16.5. The summed E-state index contributed by atoms with van der Waals surface area (Å²) in [5.41, 5.74) is 5.39. The van der Waals surface area contributed by atoms with Crippen molar-refractivity contribution in [3.63, 3.8) is 0 Å². The highest BCUT2D eigenvalue weighted by Gasteiger charge is 2.24. The van der Waals surface area contributed by atoms with E-state index in [0.29, 0.717) is 40.6 Å². The summed E-state index contributed by atoms with van der Waals surface area (Å²) in [6.07, 6.45) is 0.254. The molecule has 0 spiro atoms. The van der Waals surface area contributed by atoms with Gasteiger partial charge < -0.3 is 14.2 Å². The average Bonchev–Trinajstić information content (AvgIpc) is 3.64. The number of nitrogens with one attached hydrogen (secondary N) is 1. The number of carbonyl (C=O) groups excluding carboxylic acids is 2. The van der Waals surface area contributed by atoms with Crippen molar-refractivity contribution < 1.29 is 23.8 Å². The molecule has 198 valence electrons. The molecule has 0 atom stereocenters. The highest BCUT2D eigenvalue weighted by Crippen LogP contribution is 2.34. The van der Waals surface area contributed by atoms with Crippen LogP contribution in [0.2, 0.25) is 0 Å². The zero-order valence-electron chi connectivity index (χ0n) is 21.7. The van der Waals surface area contributed by atoms with Crippen molar-refractivity contribution >= 4 is 23.0 Å². The summed E-state index contributed by atoms with van der Waals surface area (Å²) in [6.45, 7) is 3.95. The average molecular weight is 527 g/mol. The molecule has 0 amide bonds. The molecule has 5 rings (SSSR count). The summed E-state index contributed by atoms with van der Waals surface area (Å²) in [7, 11) is 1.32. The number of esters is 2. The van der Waals surface area contributed by atoms with Gasteiger partial charge in [0.1, 0.15) is 12.1 Å². The molecule has 0 unspecified atom stereocenters. The maximum Gasteiger partial charge on any atom is 0.340 e. The molecule has 3 aromatic carbocycles. The summed E-state index contributed by atoms with van der Waals surface area (Å²) >= 11 is 0. The lowest BCUT2D eigenvalue weighted by Crippen LogP contribution is -2.08. The second-order valence-corrected chi connectivity index (χ2v) is 8.48. The second kappa shape index (κ2) is 11.1. The van der Waals surface area contributed by atoms with Crippen molar-refractivity contribution in [3.05, 3.63) is 71.8 Å². The number of benzene rings is 3. The Morgan fingerprint density at radius 2 is 1.74 bits per heavy atom. The van der Waals surface area contributed by atoms with Crippen LogP contribution >= 0.6 is 0 Å². The lowest BCUT2D eigenvalue weighted by Gasteiger charge is -2.13. The van der Waals surface area contributed by atoms with E-state index < -0.39 is 5.97 Å². The van der Waals surface area contributed by atoms with E-state index in [1.165, 1.54) is 7.11 Å². The molecule has 39 heavy (non-hydrogen) atoms. The first-order valence-corrected chi connectivity index (χ1v) is 12.4. The van der Waals surface area contributed by atoms with Gasteiger partial charge in [-0.2, -0.15) is 4.98 Å². The van der Waals surface area contributed by atoms with E-state index in [1.54, 1.807) is 23.6 Å². The van der Waals surface area contributed by atoms with Crippen molar-refractivity contribution in [1.29, 1.82) is 0 Å². The Morgan fingerprint density at radius 3 is 2.41 bits per heavy atom. The zero-order valence-corrected chi connectivity index (χ0v) is 21.7. The van der Waals surface area contributed by atoms with Crippen LogP contribution in [0.4, 0.5) is 0 Å². The van der Waals surface area contributed by atoms with Crippen LogP contribution < -0.4 is 4.74 Å². The van der Waals surface area contributed by atoms with Gasteiger partial charge in [-0.05, 0) is 46.7 Å². The lowest BCUT2D eigenvalue weighted by molar-refractivity contribution is -0.144. The first kappa shape index (κ1) is 25.6. The lowest BCUT2D eigenvalue weighted by atomic mass is 9.99. The van der Waals surface area contributed by atoms with E-state index in [4.69, 9.17) is 19.2 Å². The van der Waals surface area contributed by atoms with E-state index in [1.807, 2.05) is 55.5 Å². The molecule has 0 aliphatic heterocycles. The van der Waals surface area contributed by atoms with Crippen molar-refractivity contribution in [2.75, 3.05) is 13.7 Å². The van der Waals surface area contributed by atoms with Gasteiger partial charge in [0, 0.05) is 17.5 Å². The first-order chi connectivity index (χ1) is 19.0. The molecule has 5 aromatic rings. The quantitative estimate of drug-likeness (QED) is 0.275. The number of carbonyl (C=O) groups is 2. The second-order valence-electron chi connectivity index (χ2n) is 8.48. The largest absolute Gasteiger partial charge is 0.465 e. The van der Waals surface area contributed by atoms with Gasteiger partial charge in [0.15, 0.2) is 5.82 Å². The first-order valence-electron chi connectivity index (χ1n) is 12.4. The number of fused-ring (bicyclic) bond motifs is 1. The van der Waals surface area contributed by atoms with Crippen LogP contribution in [0.25, 0.3) is 39.2 Å². The van der Waals surface area contributed by atoms with Gasteiger partial charge in [-0.3, -0.25) is 9.36 Å². The number of H-pyrrole nitrogens is 1.